The van der Waals surface area contributed by atoms with Crippen molar-refractivity contribution in [3.8, 4) is 6.19 Å². The molecule has 0 radical (unpaired) electrons. The third kappa shape index (κ3) is 2.37. The lowest BCUT2D eigenvalue weighted by molar-refractivity contribution is -0.121. The number of amides is 1. The predicted molar refractivity (Wildman–Crippen MR) is 86.3 cm³/mol. The van der Waals surface area contributed by atoms with Gasteiger partial charge in [0, 0.05) is 31.4 Å². The second-order valence-electron chi connectivity index (χ2n) is 6.45. The molecule has 1 amide bonds. The number of fused-ring (bicyclic) bond motifs is 1. The quantitative estimate of drug-likeness (QED) is 0.799. The molecule has 0 bridgehead atoms. The zero-order valence-corrected chi connectivity index (χ0v) is 13.1. The standard InChI is InChI=1S/C17H21N5O/c18-11-21-9-2-5-16(21)17(23)22-10-7-13-12(3-1-4-15(13)22)14-6-8-19-20-14/h1,3-4,14,16,19-20H,2,5-10H2/t14?,16-/m0/s1. The lowest BCUT2D eigenvalue weighted by atomic mass is 9.97. The fraction of sp³-hybridized carbons (Fsp3) is 0.529. The van der Waals surface area contributed by atoms with E-state index in [2.05, 4.69) is 23.1 Å². The fourth-order valence-electron chi connectivity index (χ4n) is 4.06. The summed E-state index contributed by atoms with van der Waals surface area (Å²) in [6, 6.07) is 6.28. The van der Waals surface area contributed by atoms with Crippen LogP contribution in [-0.4, -0.2) is 36.5 Å². The summed E-state index contributed by atoms with van der Waals surface area (Å²) in [6.45, 7) is 2.39. The lowest BCUT2D eigenvalue weighted by Crippen LogP contribution is -2.43. The minimum atomic E-state index is -0.277. The van der Waals surface area contributed by atoms with E-state index >= 15 is 0 Å². The number of likely N-dealkylation sites (tertiary alicyclic amines) is 1. The Bertz CT molecular complexity index is 661. The molecule has 6 nitrogen and oxygen atoms in total. The molecule has 2 atom stereocenters. The highest BCUT2D eigenvalue weighted by molar-refractivity contribution is 5.99. The molecule has 3 aliphatic rings. The van der Waals surface area contributed by atoms with E-state index in [1.807, 2.05) is 17.0 Å². The normalized spacial score (nSPS) is 26.4. The van der Waals surface area contributed by atoms with Crippen molar-refractivity contribution in [2.45, 2.75) is 37.8 Å². The molecule has 6 heteroatoms. The number of anilines is 1. The van der Waals surface area contributed by atoms with Crippen molar-refractivity contribution in [1.82, 2.24) is 15.8 Å². The van der Waals surface area contributed by atoms with E-state index < -0.39 is 0 Å². The van der Waals surface area contributed by atoms with Crippen LogP contribution in [0.2, 0.25) is 0 Å². The van der Waals surface area contributed by atoms with E-state index in [1.54, 1.807) is 4.90 Å². The first-order valence-electron chi connectivity index (χ1n) is 8.37. The van der Waals surface area contributed by atoms with Gasteiger partial charge in [0.25, 0.3) is 0 Å². The average molecular weight is 311 g/mol. The van der Waals surface area contributed by atoms with Crippen LogP contribution in [0, 0.1) is 11.5 Å². The highest BCUT2D eigenvalue weighted by atomic mass is 16.2. The Hall–Kier alpha value is -2.10. The van der Waals surface area contributed by atoms with Gasteiger partial charge in [0.05, 0.1) is 0 Å². The molecular formula is C17H21N5O. The molecule has 2 N–H and O–H groups in total. The Balaban J connectivity index is 1.62. The number of hydrogen-bond donors (Lipinski definition) is 2. The number of nitriles is 1. The van der Waals surface area contributed by atoms with Gasteiger partial charge in [-0.2, -0.15) is 5.26 Å². The molecule has 1 aromatic carbocycles. The Morgan fingerprint density at radius 1 is 1.30 bits per heavy atom. The van der Waals surface area contributed by atoms with E-state index in [1.165, 1.54) is 11.1 Å². The number of hydrazine groups is 1. The van der Waals surface area contributed by atoms with Crippen LogP contribution in [-0.2, 0) is 11.2 Å². The number of hydrogen-bond acceptors (Lipinski definition) is 5. The van der Waals surface area contributed by atoms with Crippen molar-refractivity contribution in [3.63, 3.8) is 0 Å². The summed E-state index contributed by atoms with van der Waals surface area (Å²) in [5, 5.41) is 9.20. The van der Waals surface area contributed by atoms with E-state index in [0.717, 1.165) is 44.5 Å². The van der Waals surface area contributed by atoms with Crippen LogP contribution in [0.4, 0.5) is 5.69 Å². The molecule has 1 unspecified atom stereocenters. The summed E-state index contributed by atoms with van der Waals surface area (Å²) in [5.41, 5.74) is 10.1. The van der Waals surface area contributed by atoms with Crippen molar-refractivity contribution in [2.24, 2.45) is 0 Å². The van der Waals surface area contributed by atoms with Gasteiger partial charge in [-0.3, -0.25) is 20.5 Å². The summed E-state index contributed by atoms with van der Waals surface area (Å²) in [6.07, 6.45) is 5.83. The fourth-order valence-corrected chi connectivity index (χ4v) is 4.06. The second kappa shape index (κ2) is 5.84. The van der Waals surface area contributed by atoms with Crippen LogP contribution in [0.25, 0.3) is 0 Å². The van der Waals surface area contributed by atoms with Gasteiger partial charge in [-0.25, -0.2) is 0 Å². The third-order valence-electron chi connectivity index (χ3n) is 5.21. The van der Waals surface area contributed by atoms with Gasteiger partial charge in [-0.15, -0.1) is 0 Å². The smallest absolute Gasteiger partial charge is 0.250 e. The van der Waals surface area contributed by atoms with Gasteiger partial charge in [-0.05, 0) is 42.9 Å². The Kier molecular flexibility index (Phi) is 3.68. The van der Waals surface area contributed by atoms with Crippen LogP contribution in [0.5, 0.6) is 0 Å². The average Bonchev–Trinajstić information content (AvgIpc) is 3.32. The van der Waals surface area contributed by atoms with Gasteiger partial charge >= 0.3 is 0 Å². The molecule has 120 valence electrons. The highest BCUT2D eigenvalue weighted by Gasteiger charge is 2.37. The van der Waals surface area contributed by atoms with Crippen molar-refractivity contribution >= 4 is 11.6 Å². The minimum Gasteiger partial charge on any atom is -0.310 e. The molecule has 3 heterocycles. The van der Waals surface area contributed by atoms with Crippen LogP contribution >= 0.6 is 0 Å². The SMILES string of the molecule is N#CN1CCC[C@H]1C(=O)N1CCc2c(C3CCNN3)cccc21. The Labute approximate surface area is 136 Å². The zero-order valence-electron chi connectivity index (χ0n) is 13.1. The molecule has 23 heavy (non-hydrogen) atoms. The van der Waals surface area contributed by atoms with Crippen molar-refractivity contribution in [2.75, 3.05) is 24.5 Å². The van der Waals surface area contributed by atoms with Gasteiger partial charge in [0.1, 0.15) is 6.04 Å². The number of benzene rings is 1. The number of nitrogens with zero attached hydrogens (tertiary/aromatic N) is 3. The summed E-state index contributed by atoms with van der Waals surface area (Å²) >= 11 is 0. The summed E-state index contributed by atoms with van der Waals surface area (Å²) in [7, 11) is 0. The minimum absolute atomic E-state index is 0.0810. The molecule has 3 aliphatic heterocycles. The van der Waals surface area contributed by atoms with Crippen molar-refractivity contribution in [1.29, 1.82) is 5.26 Å². The van der Waals surface area contributed by atoms with E-state index in [9.17, 15) is 10.1 Å². The number of carbonyl (C=O) groups excluding carboxylic acids is 1. The van der Waals surface area contributed by atoms with Crippen molar-refractivity contribution in [3.05, 3.63) is 29.3 Å². The topological polar surface area (TPSA) is 71.4 Å². The number of nitrogens with one attached hydrogen (secondary N) is 2. The highest BCUT2D eigenvalue weighted by Crippen LogP contribution is 2.36. The molecule has 0 spiro atoms. The molecule has 2 saturated heterocycles. The van der Waals surface area contributed by atoms with Crippen molar-refractivity contribution < 1.29 is 4.79 Å². The van der Waals surface area contributed by atoms with Gasteiger partial charge < -0.3 is 4.90 Å². The molecule has 4 rings (SSSR count). The number of rotatable bonds is 2. The first kappa shape index (κ1) is 14.5. The van der Waals surface area contributed by atoms with E-state index in [0.29, 0.717) is 12.6 Å². The predicted octanol–water partition coefficient (Wildman–Crippen LogP) is 1.06. The lowest BCUT2D eigenvalue weighted by Gasteiger charge is -2.25. The largest absolute Gasteiger partial charge is 0.310 e. The summed E-state index contributed by atoms with van der Waals surface area (Å²) < 4.78 is 0. The molecular weight excluding hydrogens is 290 g/mol. The first-order valence-corrected chi connectivity index (χ1v) is 8.37. The van der Waals surface area contributed by atoms with Crippen LogP contribution in [0.15, 0.2) is 18.2 Å². The summed E-state index contributed by atoms with van der Waals surface area (Å²) in [4.78, 5) is 16.4. The zero-order chi connectivity index (χ0) is 15.8. The third-order valence-corrected chi connectivity index (χ3v) is 5.21. The maximum Gasteiger partial charge on any atom is 0.250 e. The molecule has 1 aromatic rings. The molecule has 0 aromatic heterocycles. The van der Waals surface area contributed by atoms with E-state index in [-0.39, 0.29) is 11.9 Å². The van der Waals surface area contributed by atoms with Crippen LogP contribution in [0.3, 0.4) is 0 Å². The van der Waals surface area contributed by atoms with Crippen LogP contribution in [0.1, 0.15) is 36.4 Å². The second-order valence-corrected chi connectivity index (χ2v) is 6.45. The first-order chi connectivity index (χ1) is 11.3. The maximum absolute atomic E-state index is 12.9. The van der Waals surface area contributed by atoms with Gasteiger partial charge in [0.2, 0.25) is 5.91 Å². The van der Waals surface area contributed by atoms with Gasteiger partial charge in [-0.1, -0.05) is 12.1 Å². The summed E-state index contributed by atoms with van der Waals surface area (Å²) in [5.74, 6) is 0.0810. The van der Waals surface area contributed by atoms with E-state index in [4.69, 9.17) is 0 Å². The maximum atomic E-state index is 12.9. The monoisotopic (exact) mass is 311 g/mol. The Morgan fingerprint density at radius 2 is 2.22 bits per heavy atom. The molecule has 0 aliphatic carbocycles. The van der Waals surface area contributed by atoms with Gasteiger partial charge in [0.15, 0.2) is 6.19 Å². The Morgan fingerprint density at radius 3 is 3.00 bits per heavy atom. The molecule has 2 fully saturated rings. The number of carbonyl (C=O) groups is 1. The molecule has 0 saturated carbocycles. The van der Waals surface area contributed by atoms with Crippen LogP contribution < -0.4 is 15.8 Å².